The number of esters is 2. The minimum Gasteiger partial charge on any atom is -0.496 e. The first kappa shape index (κ1) is 18.4. The number of carbonyl (C=O) groups is 3. The van der Waals surface area contributed by atoms with Crippen molar-refractivity contribution in [3.05, 3.63) is 47.5 Å². The highest BCUT2D eigenvalue weighted by atomic mass is 16.5. The van der Waals surface area contributed by atoms with E-state index in [1.54, 1.807) is 30.3 Å². The van der Waals surface area contributed by atoms with Gasteiger partial charge in [-0.2, -0.15) is 0 Å². The number of rotatable bonds is 4. The molecule has 0 fully saturated rings. The highest BCUT2D eigenvalue weighted by Crippen LogP contribution is 2.42. The number of fused-ring (bicyclic) bond motifs is 1. The van der Waals surface area contributed by atoms with Gasteiger partial charge in [0.05, 0.1) is 13.5 Å². The van der Waals surface area contributed by atoms with E-state index in [0.717, 1.165) is 5.56 Å². The number of ketones is 1. The molecule has 0 amide bonds. The van der Waals surface area contributed by atoms with E-state index in [1.165, 1.54) is 27.0 Å². The summed E-state index contributed by atoms with van der Waals surface area (Å²) < 4.78 is 21.3. The van der Waals surface area contributed by atoms with Crippen LogP contribution < -0.4 is 18.9 Å². The Morgan fingerprint density at radius 3 is 2.26 bits per heavy atom. The zero-order chi connectivity index (χ0) is 19.6. The second-order valence-corrected chi connectivity index (χ2v) is 5.99. The number of hydrogen-bond acceptors (Lipinski definition) is 7. The van der Waals surface area contributed by atoms with Crippen LogP contribution in [-0.2, 0) is 9.59 Å². The maximum absolute atomic E-state index is 12.7. The Morgan fingerprint density at radius 1 is 1.00 bits per heavy atom. The zero-order valence-electron chi connectivity index (χ0n) is 15.1. The Morgan fingerprint density at radius 2 is 1.67 bits per heavy atom. The molecule has 0 aromatic heterocycles. The van der Waals surface area contributed by atoms with E-state index in [-0.39, 0.29) is 29.3 Å². The predicted octanol–water partition coefficient (Wildman–Crippen LogP) is 3.25. The molecule has 7 nitrogen and oxygen atoms in total. The molecule has 0 bridgehead atoms. The van der Waals surface area contributed by atoms with E-state index in [0.29, 0.717) is 11.5 Å². The van der Waals surface area contributed by atoms with Crippen LogP contribution in [0.2, 0.25) is 0 Å². The van der Waals surface area contributed by atoms with E-state index in [2.05, 4.69) is 0 Å². The lowest BCUT2D eigenvalue weighted by atomic mass is 9.95. The number of ether oxygens (including phenoxy) is 4. The number of hydrogen-bond donors (Lipinski definition) is 0. The molecule has 0 radical (unpaired) electrons. The first-order chi connectivity index (χ1) is 12.9. The summed E-state index contributed by atoms with van der Waals surface area (Å²) in [6, 6.07) is 9.80. The van der Waals surface area contributed by atoms with Gasteiger partial charge in [0.25, 0.3) is 0 Å². The average molecular weight is 370 g/mol. The number of carbonyl (C=O) groups excluding carboxylic acids is 3. The van der Waals surface area contributed by atoms with Gasteiger partial charge in [0.15, 0.2) is 5.78 Å². The fourth-order valence-corrected chi connectivity index (χ4v) is 2.85. The molecule has 1 aliphatic heterocycles. The van der Waals surface area contributed by atoms with Crippen molar-refractivity contribution in [2.75, 3.05) is 7.11 Å². The smallest absolute Gasteiger partial charge is 0.308 e. The van der Waals surface area contributed by atoms with Gasteiger partial charge in [-0.1, -0.05) is 12.1 Å². The standard InChI is InChI=1S/C20H18O7/c1-11(21)25-14-6-4-13(5-7-14)17-10-16(23)20-18(26-12(2)22)8-15(24-3)9-19(20)27-17/h4-9,17H,10H2,1-3H3. The number of methoxy groups -OCH3 is 1. The minimum absolute atomic E-state index is 0.0838. The third-order valence-corrected chi connectivity index (χ3v) is 3.96. The molecule has 140 valence electrons. The molecule has 7 heteroatoms. The predicted molar refractivity (Wildman–Crippen MR) is 94.4 cm³/mol. The second-order valence-electron chi connectivity index (χ2n) is 5.99. The van der Waals surface area contributed by atoms with E-state index >= 15 is 0 Å². The highest BCUT2D eigenvalue weighted by molar-refractivity contribution is 6.03. The summed E-state index contributed by atoms with van der Waals surface area (Å²) in [5, 5.41) is 0. The molecule has 27 heavy (non-hydrogen) atoms. The molecule has 0 spiro atoms. The molecule has 1 unspecified atom stereocenters. The van der Waals surface area contributed by atoms with Gasteiger partial charge >= 0.3 is 11.9 Å². The first-order valence-electron chi connectivity index (χ1n) is 8.26. The van der Waals surface area contributed by atoms with Crippen LogP contribution in [0, 0.1) is 0 Å². The van der Waals surface area contributed by atoms with Crippen LogP contribution >= 0.6 is 0 Å². The Kier molecular flexibility index (Phi) is 5.12. The summed E-state index contributed by atoms with van der Waals surface area (Å²) in [4.78, 5) is 35.1. The van der Waals surface area contributed by atoms with Gasteiger partial charge in [-0.15, -0.1) is 0 Å². The van der Waals surface area contributed by atoms with Crippen LogP contribution in [-0.4, -0.2) is 24.8 Å². The summed E-state index contributed by atoms with van der Waals surface area (Å²) in [6.07, 6.45) is -0.436. The largest absolute Gasteiger partial charge is 0.496 e. The normalized spacial score (nSPS) is 15.4. The van der Waals surface area contributed by atoms with Crippen molar-refractivity contribution in [1.29, 1.82) is 0 Å². The summed E-state index contributed by atoms with van der Waals surface area (Å²) in [6.45, 7) is 2.58. The number of Topliss-reactive ketones (excluding diaryl/α,β-unsaturated/α-hetero) is 1. The first-order valence-corrected chi connectivity index (χ1v) is 8.26. The minimum atomic E-state index is -0.540. The van der Waals surface area contributed by atoms with E-state index in [1.807, 2.05) is 0 Å². The van der Waals surface area contributed by atoms with Gasteiger partial charge in [-0.3, -0.25) is 14.4 Å². The van der Waals surface area contributed by atoms with Crippen LogP contribution in [0.1, 0.15) is 42.3 Å². The Labute approximate surface area is 155 Å². The number of benzene rings is 2. The van der Waals surface area contributed by atoms with Gasteiger partial charge in [-0.25, -0.2) is 0 Å². The van der Waals surface area contributed by atoms with Crippen molar-refractivity contribution in [1.82, 2.24) is 0 Å². The molecule has 2 aromatic rings. The second kappa shape index (κ2) is 7.49. The van der Waals surface area contributed by atoms with Crippen LogP contribution in [0.15, 0.2) is 36.4 Å². The van der Waals surface area contributed by atoms with Crippen molar-refractivity contribution in [2.45, 2.75) is 26.4 Å². The molecular weight excluding hydrogens is 352 g/mol. The van der Waals surface area contributed by atoms with Crippen LogP contribution in [0.5, 0.6) is 23.0 Å². The molecule has 0 saturated heterocycles. The lowest BCUT2D eigenvalue weighted by Gasteiger charge is -2.27. The quantitative estimate of drug-likeness (QED) is 0.603. The molecular formula is C20H18O7. The monoisotopic (exact) mass is 370 g/mol. The van der Waals surface area contributed by atoms with Crippen molar-refractivity contribution in [3.8, 4) is 23.0 Å². The van der Waals surface area contributed by atoms with Crippen LogP contribution in [0.4, 0.5) is 0 Å². The Balaban J connectivity index is 1.92. The van der Waals surface area contributed by atoms with Crippen molar-refractivity contribution in [3.63, 3.8) is 0 Å². The van der Waals surface area contributed by atoms with E-state index in [9.17, 15) is 14.4 Å². The molecule has 0 saturated carbocycles. The molecule has 1 atom stereocenters. The van der Waals surface area contributed by atoms with Crippen LogP contribution in [0.25, 0.3) is 0 Å². The molecule has 1 heterocycles. The van der Waals surface area contributed by atoms with Crippen molar-refractivity contribution in [2.24, 2.45) is 0 Å². The molecule has 2 aromatic carbocycles. The highest BCUT2D eigenvalue weighted by Gasteiger charge is 2.32. The Hall–Kier alpha value is -3.35. The average Bonchev–Trinajstić information content (AvgIpc) is 2.60. The fourth-order valence-electron chi connectivity index (χ4n) is 2.85. The Bertz CT molecular complexity index is 899. The van der Waals surface area contributed by atoms with Gasteiger partial charge in [0.2, 0.25) is 0 Å². The van der Waals surface area contributed by atoms with E-state index in [4.69, 9.17) is 18.9 Å². The summed E-state index contributed by atoms with van der Waals surface area (Å²) in [5.74, 6) is 0.0641. The van der Waals surface area contributed by atoms with Crippen LogP contribution in [0.3, 0.4) is 0 Å². The van der Waals surface area contributed by atoms with Gasteiger partial charge < -0.3 is 18.9 Å². The third-order valence-electron chi connectivity index (χ3n) is 3.96. The topological polar surface area (TPSA) is 88.1 Å². The molecule has 3 rings (SSSR count). The maximum Gasteiger partial charge on any atom is 0.308 e. The molecule has 1 aliphatic rings. The van der Waals surface area contributed by atoms with Crippen molar-refractivity contribution < 1.29 is 33.3 Å². The molecule has 0 N–H and O–H groups in total. The maximum atomic E-state index is 12.7. The fraction of sp³-hybridized carbons (Fsp3) is 0.250. The summed E-state index contributed by atoms with van der Waals surface area (Å²) in [7, 11) is 1.47. The van der Waals surface area contributed by atoms with Gasteiger partial charge in [0, 0.05) is 26.0 Å². The molecule has 0 aliphatic carbocycles. The zero-order valence-corrected chi connectivity index (χ0v) is 15.1. The third kappa shape index (κ3) is 4.08. The summed E-state index contributed by atoms with van der Waals surface area (Å²) in [5.41, 5.74) is 0.973. The van der Waals surface area contributed by atoms with E-state index < -0.39 is 18.0 Å². The summed E-state index contributed by atoms with van der Waals surface area (Å²) >= 11 is 0. The van der Waals surface area contributed by atoms with Gasteiger partial charge in [-0.05, 0) is 17.7 Å². The SMILES string of the molecule is COc1cc(OC(C)=O)c2c(c1)OC(c1ccc(OC(C)=O)cc1)CC2=O. The lowest BCUT2D eigenvalue weighted by molar-refractivity contribution is -0.132. The van der Waals surface area contributed by atoms with Gasteiger partial charge in [0.1, 0.15) is 34.7 Å². The lowest BCUT2D eigenvalue weighted by Crippen LogP contribution is -2.22. The van der Waals surface area contributed by atoms with Crippen molar-refractivity contribution >= 4 is 17.7 Å².